The maximum atomic E-state index is 5.27. The Bertz CT molecular complexity index is 145. The Labute approximate surface area is 49.3 Å². The molecule has 0 fully saturated rings. The summed E-state index contributed by atoms with van der Waals surface area (Å²) in [4.78, 5) is 3.56. The van der Waals surface area contributed by atoms with E-state index in [0.717, 1.165) is 11.5 Å². The summed E-state index contributed by atoms with van der Waals surface area (Å²) in [5.74, 6) is 0. The largest absolute Gasteiger partial charge is 0.374 e. The number of halogens is 1. The van der Waals surface area contributed by atoms with Gasteiger partial charge in [0.2, 0.25) is 10.4 Å². The zero-order valence-electron chi connectivity index (χ0n) is 3.26. The molecule has 1 heterocycles. The number of nitrogens with zero attached hydrogens (tertiary/aromatic N) is 2. The molecule has 0 spiro atoms. The van der Waals surface area contributed by atoms with Crippen molar-refractivity contribution < 1.29 is 0 Å². The average molecular weight is 136 g/mol. The van der Waals surface area contributed by atoms with E-state index in [9.17, 15) is 0 Å². The molecule has 0 saturated heterocycles. The summed E-state index contributed by atoms with van der Waals surface area (Å²) in [5.41, 5.74) is 5.14. The Hall–Kier alpha value is -0.350. The zero-order chi connectivity index (χ0) is 5.28. The van der Waals surface area contributed by atoms with Crippen LogP contribution in [0.5, 0.6) is 0 Å². The van der Waals surface area contributed by atoms with Gasteiger partial charge in [0.15, 0.2) is 0 Å². The second-order valence-corrected chi connectivity index (χ2v) is 2.02. The molecule has 0 bridgehead atoms. The molecule has 1 aromatic rings. The summed E-state index contributed by atoms with van der Waals surface area (Å²) >= 11 is 6.36. The van der Waals surface area contributed by atoms with E-state index in [-0.39, 0.29) is 5.28 Å². The average Bonchev–Trinajstić information content (AvgIpc) is 1.87. The Morgan fingerprint density at radius 3 is 2.57 bits per heavy atom. The van der Waals surface area contributed by atoms with Crippen molar-refractivity contribution in [3.63, 3.8) is 0 Å². The Morgan fingerprint density at radius 2 is 2.43 bits per heavy atom. The van der Waals surface area contributed by atoms with Crippen LogP contribution in [0.25, 0.3) is 0 Å². The quantitative estimate of drug-likeness (QED) is 0.572. The molecule has 38 valence electrons. The fourth-order valence-electron chi connectivity index (χ4n) is 0.216. The van der Waals surface area contributed by atoms with Crippen LogP contribution in [0.15, 0.2) is 0 Å². The van der Waals surface area contributed by atoms with Crippen LogP contribution >= 0.6 is 23.1 Å². The zero-order valence-corrected chi connectivity index (χ0v) is 4.83. The second kappa shape index (κ2) is 1.63. The van der Waals surface area contributed by atoms with E-state index in [2.05, 4.69) is 9.36 Å². The van der Waals surface area contributed by atoms with E-state index in [1.54, 1.807) is 0 Å². The van der Waals surface area contributed by atoms with Crippen molar-refractivity contribution in [1.82, 2.24) is 9.36 Å². The first-order chi connectivity index (χ1) is 3.29. The summed E-state index contributed by atoms with van der Waals surface area (Å²) in [7, 11) is 0. The Kier molecular flexibility index (Phi) is 1.12. The highest BCUT2D eigenvalue weighted by molar-refractivity contribution is 7.09. The van der Waals surface area contributed by atoms with Gasteiger partial charge in [0.05, 0.1) is 0 Å². The highest BCUT2D eigenvalue weighted by atomic mass is 35.5. The molecule has 0 unspecified atom stereocenters. The van der Waals surface area contributed by atoms with E-state index in [4.69, 9.17) is 17.3 Å². The predicted octanol–water partition coefficient (Wildman–Crippen LogP) is 0.774. The number of hydrogen-bond donors (Lipinski definition) is 1. The van der Waals surface area contributed by atoms with Gasteiger partial charge < -0.3 is 5.73 Å². The van der Waals surface area contributed by atoms with Gasteiger partial charge in [-0.05, 0) is 11.6 Å². The molecule has 0 saturated carbocycles. The van der Waals surface area contributed by atoms with Gasteiger partial charge in [-0.1, -0.05) is 0 Å². The summed E-state index contributed by atoms with van der Waals surface area (Å²) < 4.78 is 3.59. The third-order valence-corrected chi connectivity index (χ3v) is 1.23. The van der Waals surface area contributed by atoms with Gasteiger partial charge in [0.25, 0.3) is 0 Å². The first-order valence-electron chi connectivity index (χ1n) is 1.54. The van der Waals surface area contributed by atoms with Crippen molar-refractivity contribution >= 4 is 28.3 Å². The molecule has 0 aliphatic rings. The molecular formula is C2H2ClN3S. The van der Waals surface area contributed by atoms with Crippen molar-refractivity contribution in [2.24, 2.45) is 0 Å². The van der Waals surface area contributed by atoms with E-state index in [1.165, 1.54) is 0 Å². The SMILES string of the molecule is Nc1nc(Cl)ns1. The first-order valence-corrected chi connectivity index (χ1v) is 2.69. The lowest BCUT2D eigenvalue weighted by Crippen LogP contribution is -1.78. The number of nitrogens with two attached hydrogens (primary N) is 1. The van der Waals surface area contributed by atoms with Gasteiger partial charge in [-0.15, -0.1) is 0 Å². The number of anilines is 1. The van der Waals surface area contributed by atoms with Crippen LogP contribution in [0.3, 0.4) is 0 Å². The van der Waals surface area contributed by atoms with Crippen molar-refractivity contribution in [2.45, 2.75) is 0 Å². The molecule has 2 N–H and O–H groups in total. The van der Waals surface area contributed by atoms with Crippen molar-refractivity contribution in [3.8, 4) is 0 Å². The highest BCUT2D eigenvalue weighted by Gasteiger charge is 1.91. The van der Waals surface area contributed by atoms with Gasteiger partial charge >= 0.3 is 0 Å². The minimum atomic E-state index is 0.225. The molecule has 0 aliphatic carbocycles. The Balaban J connectivity index is 3.04. The molecule has 7 heavy (non-hydrogen) atoms. The van der Waals surface area contributed by atoms with Gasteiger partial charge in [0.1, 0.15) is 0 Å². The van der Waals surface area contributed by atoms with Gasteiger partial charge in [-0.2, -0.15) is 9.36 Å². The van der Waals surface area contributed by atoms with Crippen LogP contribution < -0.4 is 5.73 Å². The van der Waals surface area contributed by atoms with Crippen LogP contribution in [-0.4, -0.2) is 9.36 Å². The summed E-state index contributed by atoms with van der Waals surface area (Å²) in [6.45, 7) is 0. The van der Waals surface area contributed by atoms with Crippen LogP contribution in [-0.2, 0) is 0 Å². The monoisotopic (exact) mass is 135 g/mol. The number of hydrogen-bond acceptors (Lipinski definition) is 4. The standard InChI is InChI=1S/C2H2ClN3S/c3-1-5-2(4)7-6-1/h(H2,4,5,6). The summed E-state index contributed by atoms with van der Waals surface area (Å²) in [6.07, 6.45) is 0. The van der Waals surface area contributed by atoms with E-state index >= 15 is 0 Å². The fourth-order valence-corrected chi connectivity index (χ4v) is 0.798. The molecular weight excluding hydrogens is 134 g/mol. The van der Waals surface area contributed by atoms with Crippen LogP contribution in [0.2, 0.25) is 5.28 Å². The van der Waals surface area contributed by atoms with E-state index in [1.807, 2.05) is 0 Å². The molecule has 1 rings (SSSR count). The van der Waals surface area contributed by atoms with Crippen molar-refractivity contribution in [3.05, 3.63) is 5.28 Å². The first kappa shape index (κ1) is 4.80. The molecule has 0 aromatic carbocycles. The van der Waals surface area contributed by atoms with Gasteiger partial charge in [-0.3, -0.25) is 0 Å². The van der Waals surface area contributed by atoms with E-state index in [0.29, 0.717) is 5.13 Å². The third kappa shape index (κ3) is 1.01. The molecule has 0 radical (unpaired) electrons. The molecule has 0 atom stereocenters. The molecule has 0 amide bonds. The lowest BCUT2D eigenvalue weighted by atomic mass is 11.2. The van der Waals surface area contributed by atoms with E-state index < -0.39 is 0 Å². The smallest absolute Gasteiger partial charge is 0.236 e. The third-order valence-electron chi connectivity index (χ3n) is 0.417. The van der Waals surface area contributed by atoms with Crippen LogP contribution in [0, 0.1) is 0 Å². The minimum Gasteiger partial charge on any atom is -0.374 e. The van der Waals surface area contributed by atoms with Crippen LogP contribution in [0.4, 0.5) is 5.13 Å². The lowest BCUT2D eigenvalue weighted by Gasteiger charge is -1.67. The van der Waals surface area contributed by atoms with Gasteiger partial charge in [-0.25, -0.2) is 0 Å². The van der Waals surface area contributed by atoms with Crippen molar-refractivity contribution in [2.75, 3.05) is 5.73 Å². The lowest BCUT2D eigenvalue weighted by molar-refractivity contribution is 1.33. The number of rotatable bonds is 0. The molecule has 5 heteroatoms. The Morgan fingerprint density at radius 1 is 1.71 bits per heavy atom. The number of nitrogen functional groups attached to an aromatic ring is 1. The topological polar surface area (TPSA) is 51.8 Å². The van der Waals surface area contributed by atoms with Gasteiger partial charge in [0, 0.05) is 11.5 Å². The molecule has 1 aromatic heterocycles. The highest BCUT2D eigenvalue weighted by Crippen LogP contribution is 2.08. The number of aromatic nitrogens is 2. The maximum absolute atomic E-state index is 5.27. The normalized spacial score (nSPS) is 9.29. The maximum Gasteiger partial charge on any atom is 0.236 e. The summed E-state index contributed by atoms with van der Waals surface area (Å²) in [5, 5.41) is 0.632. The predicted molar refractivity (Wildman–Crippen MR) is 29.3 cm³/mol. The van der Waals surface area contributed by atoms with Crippen molar-refractivity contribution in [1.29, 1.82) is 0 Å². The molecule has 3 nitrogen and oxygen atoms in total. The van der Waals surface area contributed by atoms with Crippen LogP contribution in [0.1, 0.15) is 0 Å². The second-order valence-electron chi connectivity index (χ2n) is 0.902. The summed E-state index contributed by atoms with van der Waals surface area (Å²) in [6, 6.07) is 0. The molecule has 0 aliphatic heterocycles. The fraction of sp³-hybridized carbons (Fsp3) is 0. The minimum absolute atomic E-state index is 0.225.